The Morgan fingerprint density at radius 1 is 1.10 bits per heavy atom. The molecule has 8 heteroatoms. The summed E-state index contributed by atoms with van der Waals surface area (Å²) >= 11 is 1.50. The molecule has 7 nitrogen and oxygen atoms in total. The Kier molecular flexibility index (Phi) is 5.93. The van der Waals surface area contributed by atoms with Crippen LogP contribution < -0.4 is 19.9 Å². The van der Waals surface area contributed by atoms with Gasteiger partial charge in [0, 0.05) is 29.9 Å². The number of nitrogens with one attached hydrogen (secondary N) is 1. The highest BCUT2D eigenvalue weighted by atomic mass is 32.2. The minimum absolute atomic E-state index is 0.0440. The molecule has 2 aromatic carbocycles. The van der Waals surface area contributed by atoms with Gasteiger partial charge in [0.15, 0.2) is 5.75 Å². The molecule has 0 radical (unpaired) electrons. The van der Waals surface area contributed by atoms with Crippen LogP contribution in [0.1, 0.15) is 17.3 Å². The first-order valence-electron chi connectivity index (χ1n) is 8.70. The molecule has 0 aliphatic rings. The van der Waals surface area contributed by atoms with Crippen LogP contribution >= 0.6 is 11.8 Å². The van der Waals surface area contributed by atoms with Crippen LogP contribution in [0.3, 0.4) is 0 Å². The SMILES string of the molecule is COc1ccc(N(C)C(=O)c2c(OC(C)=O)c3cc(SC)ccc3[nH]c2=O)cc1. The van der Waals surface area contributed by atoms with Crippen molar-refractivity contribution in [2.75, 3.05) is 25.3 Å². The van der Waals surface area contributed by atoms with Gasteiger partial charge in [0.2, 0.25) is 0 Å². The van der Waals surface area contributed by atoms with Crippen LogP contribution in [0.15, 0.2) is 52.2 Å². The predicted octanol–water partition coefficient (Wildman–Crippen LogP) is 3.46. The monoisotopic (exact) mass is 412 g/mol. The van der Waals surface area contributed by atoms with E-state index >= 15 is 0 Å². The summed E-state index contributed by atoms with van der Waals surface area (Å²) < 4.78 is 10.5. The summed E-state index contributed by atoms with van der Waals surface area (Å²) in [6, 6.07) is 12.1. The number of methoxy groups -OCH3 is 1. The molecular weight excluding hydrogens is 392 g/mol. The van der Waals surface area contributed by atoms with Gasteiger partial charge in [-0.15, -0.1) is 11.8 Å². The number of thioether (sulfide) groups is 1. The van der Waals surface area contributed by atoms with E-state index in [2.05, 4.69) is 4.98 Å². The molecule has 0 saturated carbocycles. The lowest BCUT2D eigenvalue weighted by atomic mass is 10.1. The summed E-state index contributed by atoms with van der Waals surface area (Å²) in [5.41, 5.74) is 0.176. The summed E-state index contributed by atoms with van der Waals surface area (Å²) in [4.78, 5) is 42.6. The van der Waals surface area contributed by atoms with Crippen LogP contribution in [0.4, 0.5) is 5.69 Å². The van der Waals surface area contributed by atoms with E-state index in [1.54, 1.807) is 50.6 Å². The zero-order valence-corrected chi connectivity index (χ0v) is 17.3. The van der Waals surface area contributed by atoms with E-state index in [0.717, 1.165) is 4.90 Å². The minimum Gasteiger partial charge on any atom is -0.497 e. The fourth-order valence-corrected chi connectivity index (χ4v) is 3.34. The van der Waals surface area contributed by atoms with E-state index < -0.39 is 17.4 Å². The fraction of sp³-hybridized carbons (Fsp3) is 0.190. The fourth-order valence-electron chi connectivity index (χ4n) is 2.90. The first-order valence-corrected chi connectivity index (χ1v) is 9.92. The van der Waals surface area contributed by atoms with Crippen molar-refractivity contribution in [1.82, 2.24) is 4.98 Å². The molecule has 0 aliphatic heterocycles. The van der Waals surface area contributed by atoms with E-state index in [-0.39, 0.29) is 11.3 Å². The van der Waals surface area contributed by atoms with Gasteiger partial charge in [-0.05, 0) is 48.7 Å². The zero-order chi connectivity index (χ0) is 21.1. The van der Waals surface area contributed by atoms with Gasteiger partial charge in [-0.2, -0.15) is 0 Å². The molecule has 3 aromatic rings. The molecule has 29 heavy (non-hydrogen) atoms. The van der Waals surface area contributed by atoms with Gasteiger partial charge in [-0.25, -0.2) is 0 Å². The first-order chi connectivity index (χ1) is 13.8. The Balaban J connectivity index is 2.17. The number of ether oxygens (including phenoxy) is 2. The second-order valence-electron chi connectivity index (χ2n) is 6.23. The largest absolute Gasteiger partial charge is 0.497 e. The van der Waals surface area contributed by atoms with E-state index in [9.17, 15) is 14.4 Å². The lowest BCUT2D eigenvalue weighted by Crippen LogP contribution is -2.32. The number of anilines is 1. The van der Waals surface area contributed by atoms with Gasteiger partial charge in [0.05, 0.1) is 12.6 Å². The Morgan fingerprint density at radius 3 is 2.38 bits per heavy atom. The average molecular weight is 412 g/mol. The summed E-state index contributed by atoms with van der Waals surface area (Å²) in [7, 11) is 3.09. The maximum Gasteiger partial charge on any atom is 0.308 e. The highest BCUT2D eigenvalue weighted by Gasteiger charge is 2.26. The second kappa shape index (κ2) is 8.40. The van der Waals surface area contributed by atoms with Gasteiger partial charge < -0.3 is 19.4 Å². The molecule has 0 unspecified atom stereocenters. The molecule has 1 N–H and O–H groups in total. The molecule has 1 heterocycles. The van der Waals surface area contributed by atoms with E-state index in [4.69, 9.17) is 9.47 Å². The van der Waals surface area contributed by atoms with E-state index in [1.807, 2.05) is 12.3 Å². The number of fused-ring (bicyclic) bond motifs is 1. The standard InChI is InChI=1S/C21H20N2O5S/c1-12(24)28-19-16-11-15(29-4)9-10-17(16)22-20(25)18(19)21(26)23(2)13-5-7-14(27-3)8-6-13/h5-11H,1-4H3,(H,22,25). The molecular formula is C21H20N2O5S. The molecule has 150 valence electrons. The number of aromatic amines is 1. The quantitative estimate of drug-likeness (QED) is 0.510. The Bertz CT molecular complexity index is 1140. The molecule has 0 fully saturated rings. The Hall–Kier alpha value is -3.26. The van der Waals surface area contributed by atoms with Crippen LogP contribution in [-0.4, -0.2) is 37.3 Å². The number of H-pyrrole nitrogens is 1. The number of hydrogen-bond acceptors (Lipinski definition) is 6. The topological polar surface area (TPSA) is 88.7 Å². The van der Waals surface area contributed by atoms with Crippen molar-refractivity contribution in [3.8, 4) is 11.5 Å². The average Bonchev–Trinajstić information content (AvgIpc) is 2.72. The van der Waals surface area contributed by atoms with Crippen molar-refractivity contribution in [2.45, 2.75) is 11.8 Å². The molecule has 1 amide bonds. The molecule has 0 saturated heterocycles. The van der Waals surface area contributed by atoms with Crippen LogP contribution in [-0.2, 0) is 4.79 Å². The van der Waals surface area contributed by atoms with Gasteiger partial charge in [0.25, 0.3) is 11.5 Å². The zero-order valence-electron chi connectivity index (χ0n) is 16.4. The first kappa shape index (κ1) is 20.5. The Morgan fingerprint density at radius 2 is 1.79 bits per heavy atom. The predicted molar refractivity (Wildman–Crippen MR) is 113 cm³/mol. The number of aromatic nitrogens is 1. The van der Waals surface area contributed by atoms with Gasteiger partial charge in [0.1, 0.15) is 11.3 Å². The lowest BCUT2D eigenvalue weighted by molar-refractivity contribution is -0.131. The number of nitrogens with zero attached hydrogens (tertiary/aromatic N) is 1. The van der Waals surface area contributed by atoms with Gasteiger partial charge in [-0.1, -0.05) is 0 Å². The highest BCUT2D eigenvalue weighted by molar-refractivity contribution is 7.98. The smallest absolute Gasteiger partial charge is 0.308 e. The number of rotatable bonds is 5. The van der Waals surface area contributed by atoms with Crippen molar-refractivity contribution in [2.24, 2.45) is 0 Å². The van der Waals surface area contributed by atoms with Crippen molar-refractivity contribution in [3.05, 3.63) is 58.4 Å². The van der Waals surface area contributed by atoms with Crippen molar-refractivity contribution in [3.63, 3.8) is 0 Å². The third-order valence-electron chi connectivity index (χ3n) is 4.40. The maximum absolute atomic E-state index is 13.2. The summed E-state index contributed by atoms with van der Waals surface area (Å²) in [6.45, 7) is 1.23. The van der Waals surface area contributed by atoms with E-state index in [1.165, 1.54) is 23.6 Å². The molecule has 0 bridgehead atoms. The van der Waals surface area contributed by atoms with Crippen molar-refractivity contribution >= 4 is 40.2 Å². The van der Waals surface area contributed by atoms with Gasteiger partial charge >= 0.3 is 5.97 Å². The number of hydrogen-bond donors (Lipinski definition) is 1. The van der Waals surface area contributed by atoms with Crippen LogP contribution in [0.25, 0.3) is 10.9 Å². The lowest BCUT2D eigenvalue weighted by Gasteiger charge is -2.19. The summed E-state index contributed by atoms with van der Waals surface area (Å²) in [5, 5.41) is 0.484. The van der Waals surface area contributed by atoms with Crippen molar-refractivity contribution < 1.29 is 19.1 Å². The third-order valence-corrected chi connectivity index (χ3v) is 5.12. The number of amides is 1. The van der Waals surface area contributed by atoms with Crippen LogP contribution in [0.2, 0.25) is 0 Å². The minimum atomic E-state index is -0.629. The number of carbonyl (C=O) groups is 2. The van der Waals surface area contributed by atoms with Crippen LogP contribution in [0, 0.1) is 0 Å². The summed E-state index contributed by atoms with van der Waals surface area (Å²) in [5.74, 6) is -0.613. The van der Waals surface area contributed by atoms with Gasteiger partial charge in [-0.3, -0.25) is 14.4 Å². The molecule has 0 aliphatic carbocycles. The number of esters is 1. The number of carbonyl (C=O) groups excluding carboxylic acids is 2. The Labute approximate surface area is 171 Å². The number of pyridine rings is 1. The van der Waals surface area contributed by atoms with Crippen molar-refractivity contribution in [1.29, 1.82) is 0 Å². The molecule has 0 spiro atoms. The molecule has 1 aromatic heterocycles. The second-order valence-corrected chi connectivity index (χ2v) is 7.11. The van der Waals surface area contributed by atoms with E-state index in [0.29, 0.717) is 22.3 Å². The maximum atomic E-state index is 13.2. The molecule has 0 atom stereocenters. The molecule has 3 rings (SSSR count). The number of benzene rings is 2. The highest BCUT2D eigenvalue weighted by Crippen LogP contribution is 2.31. The normalized spacial score (nSPS) is 10.6. The summed E-state index contributed by atoms with van der Waals surface area (Å²) in [6.07, 6.45) is 1.90. The third kappa shape index (κ3) is 4.12. The van der Waals surface area contributed by atoms with Crippen LogP contribution in [0.5, 0.6) is 11.5 Å².